The van der Waals surface area contributed by atoms with E-state index in [4.69, 9.17) is 19.4 Å². The van der Waals surface area contributed by atoms with E-state index in [9.17, 15) is 0 Å². The summed E-state index contributed by atoms with van der Waals surface area (Å²) < 4.78 is 6.86. The van der Waals surface area contributed by atoms with Crippen LogP contribution < -0.4 is 0 Å². The number of benzene rings is 8. The van der Waals surface area contributed by atoms with Crippen LogP contribution in [0.15, 0.2) is 180 Å². The third-order valence-electron chi connectivity index (χ3n) is 11.5. The molecule has 8 aromatic carbocycles. The Kier molecular flexibility index (Phi) is 7.17. The van der Waals surface area contributed by atoms with Crippen molar-refractivity contribution in [3.8, 4) is 67.5 Å². The van der Waals surface area contributed by atoms with Crippen molar-refractivity contribution >= 4 is 32.7 Å². The first-order valence-corrected chi connectivity index (χ1v) is 19.1. The molecule has 2 aromatic heterocycles. The molecule has 264 valence electrons. The quantitative estimate of drug-likeness (QED) is 0.178. The number of aromatic nitrogens is 3. The second-order valence-electron chi connectivity index (χ2n) is 15.2. The Hall–Kier alpha value is -7.17. The minimum Gasteiger partial charge on any atom is -0.455 e. The van der Waals surface area contributed by atoms with Gasteiger partial charge in [0.15, 0.2) is 17.5 Å². The molecule has 0 atom stereocenters. The fourth-order valence-corrected chi connectivity index (χ4v) is 8.60. The first-order valence-electron chi connectivity index (χ1n) is 19.1. The first-order chi connectivity index (χ1) is 27.5. The maximum atomic E-state index is 6.86. The fourth-order valence-electron chi connectivity index (χ4n) is 8.60. The predicted molar refractivity (Wildman–Crippen MR) is 229 cm³/mol. The minimum atomic E-state index is -0.147. The van der Waals surface area contributed by atoms with Gasteiger partial charge in [-0.2, -0.15) is 0 Å². The van der Waals surface area contributed by atoms with E-state index in [1.807, 2.05) is 24.3 Å². The van der Waals surface area contributed by atoms with Gasteiger partial charge in [0.2, 0.25) is 0 Å². The Morgan fingerprint density at radius 2 is 0.982 bits per heavy atom. The average molecular weight is 718 g/mol. The second kappa shape index (κ2) is 12.4. The Labute approximate surface area is 324 Å². The number of fused-ring (bicyclic) bond motifs is 7. The number of nitrogens with zero attached hydrogens (tertiary/aromatic N) is 3. The van der Waals surface area contributed by atoms with Crippen molar-refractivity contribution in [1.82, 2.24) is 15.0 Å². The zero-order valence-corrected chi connectivity index (χ0v) is 31.0. The Morgan fingerprint density at radius 3 is 1.77 bits per heavy atom. The molecule has 1 aliphatic rings. The van der Waals surface area contributed by atoms with Gasteiger partial charge in [-0.25, -0.2) is 15.0 Å². The number of furan rings is 1. The topological polar surface area (TPSA) is 51.8 Å². The van der Waals surface area contributed by atoms with Crippen LogP contribution in [-0.4, -0.2) is 15.0 Å². The maximum absolute atomic E-state index is 6.86. The van der Waals surface area contributed by atoms with Gasteiger partial charge in [-0.1, -0.05) is 153 Å². The van der Waals surface area contributed by atoms with Crippen LogP contribution in [0.5, 0.6) is 0 Å². The molecule has 1 aliphatic carbocycles. The van der Waals surface area contributed by atoms with E-state index in [1.54, 1.807) is 0 Å². The Morgan fingerprint density at radius 1 is 0.375 bits per heavy atom. The molecular weight excluding hydrogens is 683 g/mol. The monoisotopic (exact) mass is 717 g/mol. The van der Waals surface area contributed by atoms with E-state index < -0.39 is 0 Å². The highest BCUT2D eigenvalue weighted by atomic mass is 16.3. The molecule has 0 unspecified atom stereocenters. The zero-order valence-electron chi connectivity index (χ0n) is 31.0. The molecule has 0 saturated heterocycles. The summed E-state index contributed by atoms with van der Waals surface area (Å²) in [6.07, 6.45) is 0. The summed E-state index contributed by atoms with van der Waals surface area (Å²) in [4.78, 5) is 15.5. The van der Waals surface area contributed by atoms with Crippen LogP contribution in [0.2, 0.25) is 0 Å². The van der Waals surface area contributed by atoms with E-state index in [2.05, 4.69) is 166 Å². The van der Waals surface area contributed by atoms with Crippen LogP contribution in [0, 0.1) is 0 Å². The number of hydrogen-bond donors (Lipinski definition) is 0. The molecule has 0 amide bonds. The second-order valence-corrected chi connectivity index (χ2v) is 15.2. The van der Waals surface area contributed by atoms with E-state index >= 15 is 0 Å². The van der Waals surface area contributed by atoms with Gasteiger partial charge in [-0.15, -0.1) is 0 Å². The average Bonchev–Trinajstić information content (AvgIpc) is 3.73. The molecule has 0 saturated carbocycles. The van der Waals surface area contributed by atoms with Crippen molar-refractivity contribution in [2.75, 3.05) is 0 Å². The molecule has 0 aliphatic heterocycles. The molecule has 4 nitrogen and oxygen atoms in total. The van der Waals surface area contributed by atoms with Crippen molar-refractivity contribution in [2.24, 2.45) is 0 Å². The lowest BCUT2D eigenvalue weighted by Crippen LogP contribution is -2.14. The standard InChI is InChI=1S/C52H35N3O/c1-52(2)45-23-12-11-22-40(45)41-25-24-37(30-46(41)52)42-28-39(29-44-43-27-35-18-9-10-19-36(35)31-47(43)56-48(42)44)51-54-49(33-16-7-4-8-17-33)53-50(55-51)38-21-13-20-34(26-38)32-14-5-3-6-15-32/h3-31H,1-2H3. The van der Waals surface area contributed by atoms with Gasteiger partial charge in [0.05, 0.1) is 0 Å². The summed E-state index contributed by atoms with van der Waals surface area (Å²) in [6, 6.07) is 61.9. The van der Waals surface area contributed by atoms with Gasteiger partial charge in [0, 0.05) is 38.4 Å². The number of rotatable bonds is 5. The lowest BCUT2D eigenvalue weighted by molar-refractivity contribution is 0.660. The summed E-state index contributed by atoms with van der Waals surface area (Å²) >= 11 is 0. The lowest BCUT2D eigenvalue weighted by Gasteiger charge is -2.22. The van der Waals surface area contributed by atoms with Gasteiger partial charge in [-0.3, -0.25) is 0 Å². The molecule has 0 radical (unpaired) electrons. The van der Waals surface area contributed by atoms with Crippen molar-refractivity contribution in [1.29, 1.82) is 0 Å². The zero-order chi connectivity index (χ0) is 37.4. The van der Waals surface area contributed by atoms with Crippen molar-refractivity contribution in [2.45, 2.75) is 19.3 Å². The first kappa shape index (κ1) is 32.3. The van der Waals surface area contributed by atoms with Crippen LogP contribution in [0.1, 0.15) is 25.0 Å². The summed E-state index contributed by atoms with van der Waals surface area (Å²) in [6.45, 7) is 4.65. The van der Waals surface area contributed by atoms with Crippen LogP contribution in [0.4, 0.5) is 0 Å². The van der Waals surface area contributed by atoms with Gasteiger partial charge < -0.3 is 4.42 Å². The van der Waals surface area contributed by atoms with Gasteiger partial charge in [0.25, 0.3) is 0 Å². The molecule has 0 bridgehead atoms. The molecule has 0 fully saturated rings. The van der Waals surface area contributed by atoms with Crippen molar-refractivity contribution in [3.63, 3.8) is 0 Å². The molecule has 2 heterocycles. The maximum Gasteiger partial charge on any atom is 0.164 e. The van der Waals surface area contributed by atoms with Gasteiger partial charge in [-0.05, 0) is 86.1 Å². The fraction of sp³-hybridized carbons (Fsp3) is 0.0577. The summed E-state index contributed by atoms with van der Waals surface area (Å²) in [7, 11) is 0. The third-order valence-corrected chi connectivity index (χ3v) is 11.5. The van der Waals surface area contributed by atoms with Gasteiger partial charge >= 0.3 is 0 Å². The molecule has 11 rings (SSSR count). The molecular formula is C52H35N3O. The van der Waals surface area contributed by atoms with E-state index in [-0.39, 0.29) is 5.41 Å². The SMILES string of the molecule is CC1(C)c2ccccc2-c2ccc(-c3cc(-c4nc(-c5ccccc5)nc(-c5cccc(-c6ccccc6)c5)n4)cc4c3oc3cc5ccccc5cc34)cc21. The van der Waals surface area contributed by atoms with Crippen molar-refractivity contribution < 1.29 is 4.42 Å². The Bertz CT molecular complexity index is 3160. The van der Waals surface area contributed by atoms with Crippen LogP contribution in [0.25, 0.3) is 100 Å². The highest BCUT2D eigenvalue weighted by Crippen LogP contribution is 2.50. The molecule has 0 spiro atoms. The summed E-state index contributed by atoms with van der Waals surface area (Å²) in [5.41, 5.74) is 13.9. The van der Waals surface area contributed by atoms with Gasteiger partial charge in [0.1, 0.15) is 11.2 Å². The van der Waals surface area contributed by atoms with Crippen LogP contribution in [0.3, 0.4) is 0 Å². The summed E-state index contributed by atoms with van der Waals surface area (Å²) in [5, 5.41) is 4.39. The largest absolute Gasteiger partial charge is 0.455 e. The van der Waals surface area contributed by atoms with Crippen LogP contribution >= 0.6 is 0 Å². The lowest BCUT2D eigenvalue weighted by atomic mass is 9.81. The van der Waals surface area contributed by atoms with Crippen LogP contribution in [-0.2, 0) is 5.41 Å². The molecule has 56 heavy (non-hydrogen) atoms. The number of hydrogen-bond acceptors (Lipinski definition) is 4. The normalized spacial score (nSPS) is 13.0. The van der Waals surface area contributed by atoms with Crippen molar-refractivity contribution in [3.05, 3.63) is 187 Å². The van der Waals surface area contributed by atoms with E-state index in [0.29, 0.717) is 17.5 Å². The predicted octanol–water partition coefficient (Wildman–Crippen LogP) is 13.6. The van der Waals surface area contributed by atoms with E-state index in [0.717, 1.165) is 66.3 Å². The van der Waals surface area contributed by atoms with E-state index in [1.165, 1.54) is 27.6 Å². The highest BCUT2D eigenvalue weighted by molar-refractivity contribution is 6.14. The Balaban J connectivity index is 1.16. The minimum absolute atomic E-state index is 0.147. The molecule has 10 aromatic rings. The summed E-state index contributed by atoms with van der Waals surface area (Å²) in [5.74, 6) is 1.84. The third kappa shape index (κ3) is 5.18. The smallest absolute Gasteiger partial charge is 0.164 e. The molecule has 4 heteroatoms. The highest BCUT2D eigenvalue weighted by Gasteiger charge is 2.35. The molecule has 0 N–H and O–H groups in total.